The van der Waals surface area contributed by atoms with Crippen LogP contribution in [0.5, 0.6) is 5.75 Å². The minimum Gasteiger partial charge on any atom is -0.497 e. The molecule has 0 saturated heterocycles. The molecule has 1 aromatic heterocycles. The van der Waals surface area contributed by atoms with Crippen LogP contribution in [0.1, 0.15) is 18.0 Å². The molecule has 2 aromatic carbocycles. The largest absolute Gasteiger partial charge is 0.497 e. The lowest BCUT2D eigenvalue weighted by Crippen LogP contribution is -2.21. The summed E-state index contributed by atoms with van der Waals surface area (Å²) in [7, 11) is 5.86. The Kier molecular flexibility index (Phi) is 4.57. The van der Waals surface area contributed by atoms with Gasteiger partial charge in [0, 0.05) is 0 Å². The maximum Gasteiger partial charge on any atom is 0.119 e. The minimum absolute atomic E-state index is 0.138. The molecule has 5 heteroatoms. The molecule has 0 amide bonds. The van der Waals surface area contributed by atoms with Gasteiger partial charge in [-0.2, -0.15) is 15.0 Å². The zero-order valence-electron chi connectivity index (χ0n) is 13.8. The van der Waals surface area contributed by atoms with Gasteiger partial charge in [0.05, 0.1) is 25.5 Å². The fraction of sp³-hybridized carbons (Fsp3) is 0.333. The second-order valence-electron chi connectivity index (χ2n) is 5.93. The standard InChI is InChI=1S/C18H22N4O/c1-21(2)11-8-18(22-19-9-10-20-22)16-5-4-15-13-17(23-3)7-6-14(15)12-16/h4-7,9-10,12-13,18H,8,11H2,1-3H3. The average molecular weight is 310 g/mol. The number of rotatable bonds is 6. The topological polar surface area (TPSA) is 43.2 Å². The highest BCUT2D eigenvalue weighted by molar-refractivity contribution is 5.84. The molecule has 3 rings (SSSR count). The zero-order valence-corrected chi connectivity index (χ0v) is 13.8. The van der Waals surface area contributed by atoms with Crippen molar-refractivity contribution < 1.29 is 4.74 Å². The first-order chi connectivity index (χ1) is 11.2. The summed E-state index contributed by atoms with van der Waals surface area (Å²) in [5.74, 6) is 0.878. The molecule has 23 heavy (non-hydrogen) atoms. The van der Waals surface area contributed by atoms with Gasteiger partial charge < -0.3 is 9.64 Å². The first-order valence-corrected chi connectivity index (χ1v) is 7.75. The summed E-state index contributed by atoms with van der Waals surface area (Å²) in [6.45, 7) is 0.979. The smallest absolute Gasteiger partial charge is 0.119 e. The van der Waals surface area contributed by atoms with Crippen molar-refractivity contribution in [3.8, 4) is 5.75 Å². The maximum atomic E-state index is 5.29. The quantitative estimate of drug-likeness (QED) is 0.702. The highest BCUT2D eigenvalue weighted by Crippen LogP contribution is 2.27. The number of fused-ring (bicyclic) bond motifs is 1. The third-order valence-corrected chi connectivity index (χ3v) is 4.02. The second-order valence-corrected chi connectivity index (χ2v) is 5.93. The number of aromatic nitrogens is 3. The van der Waals surface area contributed by atoms with Gasteiger partial charge in [0.2, 0.25) is 0 Å². The Balaban J connectivity index is 1.96. The fourth-order valence-corrected chi connectivity index (χ4v) is 2.76. The molecule has 1 heterocycles. The van der Waals surface area contributed by atoms with Crippen molar-refractivity contribution in [2.75, 3.05) is 27.7 Å². The van der Waals surface area contributed by atoms with Crippen molar-refractivity contribution in [1.29, 1.82) is 0 Å². The molecule has 0 N–H and O–H groups in total. The van der Waals surface area contributed by atoms with E-state index in [1.165, 1.54) is 16.3 Å². The lowest BCUT2D eigenvalue weighted by Gasteiger charge is -2.19. The summed E-state index contributed by atoms with van der Waals surface area (Å²) in [5, 5.41) is 11.1. The zero-order chi connectivity index (χ0) is 16.2. The van der Waals surface area contributed by atoms with Crippen LogP contribution in [0.4, 0.5) is 0 Å². The molecule has 3 aromatic rings. The van der Waals surface area contributed by atoms with E-state index in [0.717, 1.165) is 18.7 Å². The third-order valence-electron chi connectivity index (χ3n) is 4.02. The van der Waals surface area contributed by atoms with Crippen LogP contribution in [0.15, 0.2) is 48.8 Å². The van der Waals surface area contributed by atoms with E-state index in [1.54, 1.807) is 24.3 Å². The minimum atomic E-state index is 0.138. The Morgan fingerprint density at radius 3 is 2.43 bits per heavy atom. The van der Waals surface area contributed by atoms with Crippen molar-refractivity contribution in [2.45, 2.75) is 12.5 Å². The number of methoxy groups -OCH3 is 1. The summed E-state index contributed by atoms with van der Waals surface area (Å²) in [5.41, 5.74) is 1.22. The summed E-state index contributed by atoms with van der Waals surface area (Å²) < 4.78 is 5.29. The second kappa shape index (κ2) is 6.79. The van der Waals surface area contributed by atoms with Crippen LogP contribution < -0.4 is 4.74 Å². The number of nitrogens with zero attached hydrogens (tertiary/aromatic N) is 4. The predicted molar refractivity (Wildman–Crippen MR) is 91.8 cm³/mol. The molecule has 1 atom stereocenters. The van der Waals surface area contributed by atoms with E-state index >= 15 is 0 Å². The van der Waals surface area contributed by atoms with Crippen molar-refractivity contribution in [3.05, 3.63) is 54.4 Å². The van der Waals surface area contributed by atoms with Crippen molar-refractivity contribution >= 4 is 10.8 Å². The van der Waals surface area contributed by atoms with Gasteiger partial charge in [0.1, 0.15) is 5.75 Å². The lowest BCUT2D eigenvalue weighted by atomic mass is 10.00. The van der Waals surface area contributed by atoms with Crippen LogP contribution in [-0.4, -0.2) is 47.6 Å². The first-order valence-electron chi connectivity index (χ1n) is 7.75. The van der Waals surface area contributed by atoms with Gasteiger partial charge in [-0.3, -0.25) is 0 Å². The van der Waals surface area contributed by atoms with E-state index < -0.39 is 0 Å². The van der Waals surface area contributed by atoms with Crippen LogP contribution in [0, 0.1) is 0 Å². The summed E-state index contributed by atoms with van der Waals surface area (Å²) >= 11 is 0. The van der Waals surface area contributed by atoms with Crippen LogP contribution in [0.25, 0.3) is 10.8 Å². The van der Waals surface area contributed by atoms with Gasteiger partial charge in [-0.25, -0.2) is 0 Å². The van der Waals surface area contributed by atoms with Crippen LogP contribution in [0.3, 0.4) is 0 Å². The Morgan fingerprint density at radius 2 is 1.74 bits per heavy atom. The number of hydrogen-bond acceptors (Lipinski definition) is 4. The number of benzene rings is 2. The molecule has 5 nitrogen and oxygen atoms in total. The summed E-state index contributed by atoms with van der Waals surface area (Å²) in [6, 6.07) is 12.8. The van der Waals surface area contributed by atoms with Gasteiger partial charge >= 0.3 is 0 Å². The van der Waals surface area contributed by atoms with E-state index in [2.05, 4.69) is 59.5 Å². The predicted octanol–water partition coefficient (Wildman–Crippen LogP) is 2.98. The third kappa shape index (κ3) is 3.51. The van der Waals surface area contributed by atoms with Crippen LogP contribution in [0.2, 0.25) is 0 Å². The molecule has 120 valence electrons. The maximum absolute atomic E-state index is 5.29. The molecule has 0 aliphatic rings. The molecule has 0 aliphatic carbocycles. The molecule has 0 aliphatic heterocycles. The molecule has 0 radical (unpaired) electrons. The molecule has 0 bridgehead atoms. The monoisotopic (exact) mass is 310 g/mol. The molecular weight excluding hydrogens is 288 g/mol. The van der Waals surface area contributed by atoms with E-state index in [0.29, 0.717) is 0 Å². The molecule has 0 saturated carbocycles. The normalized spacial score (nSPS) is 12.7. The van der Waals surface area contributed by atoms with Crippen LogP contribution >= 0.6 is 0 Å². The van der Waals surface area contributed by atoms with Gasteiger partial charge in [-0.05, 0) is 61.6 Å². The highest BCUT2D eigenvalue weighted by Gasteiger charge is 2.16. The Hall–Kier alpha value is -2.40. The number of hydrogen-bond donors (Lipinski definition) is 0. The Labute approximate surface area is 136 Å². The van der Waals surface area contributed by atoms with E-state index in [1.807, 2.05) is 6.07 Å². The Bertz CT molecular complexity index is 768. The SMILES string of the molecule is COc1ccc2cc(C(CCN(C)C)n3nccn3)ccc2c1. The van der Waals surface area contributed by atoms with Crippen molar-refractivity contribution in [1.82, 2.24) is 19.9 Å². The van der Waals surface area contributed by atoms with Gasteiger partial charge in [0.15, 0.2) is 0 Å². The number of ether oxygens (including phenoxy) is 1. The van der Waals surface area contributed by atoms with Gasteiger partial charge in [-0.1, -0.05) is 18.2 Å². The fourth-order valence-electron chi connectivity index (χ4n) is 2.76. The average Bonchev–Trinajstić information content (AvgIpc) is 3.08. The Morgan fingerprint density at radius 1 is 1.04 bits per heavy atom. The molecular formula is C18H22N4O. The van der Waals surface area contributed by atoms with Gasteiger partial charge in [0.25, 0.3) is 0 Å². The van der Waals surface area contributed by atoms with Gasteiger partial charge in [-0.15, -0.1) is 0 Å². The van der Waals surface area contributed by atoms with Crippen molar-refractivity contribution in [2.24, 2.45) is 0 Å². The van der Waals surface area contributed by atoms with Crippen molar-refractivity contribution in [3.63, 3.8) is 0 Å². The highest BCUT2D eigenvalue weighted by atomic mass is 16.5. The summed E-state index contributed by atoms with van der Waals surface area (Å²) in [4.78, 5) is 3.98. The van der Waals surface area contributed by atoms with E-state index in [9.17, 15) is 0 Å². The van der Waals surface area contributed by atoms with Crippen LogP contribution in [-0.2, 0) is 0 Å². The lowest BCUT2D eigenvalue weighted by molar-refractivity contribution is 0.342. The van der Waals surface area contributed by atoms with E-state index in [4.69, 9.17) is 4.74 Å². The van der Waals surface area contributed by atoms with E-state index in [-0.39, 0.29) is 6.04 Å². The first kappa shape index (κ1) is 15.5. The molecule has 1 unspecified atom stereocenters. The summed E-state index contributed by atoms with van der Waals surface area (Å²) in [6.07, 6.45) is 4.42. The molecule has 0 fully saturated rings. The molecule has 0 spiro atoms.